The summed E-state index contributed by atoms with van der Waals surface area (Å²) in [6.45, 7) is 0. The summed E-state index contributed by atoms with van der Waals surface area (Å²) in [7, 11) is 0. The number of carbonyl (C=O) groups is 1. The van der Waals surface area contributed by atoms with E-state index in [2.05, 4.69) is 9.78 Å². The van der Waals surface area contributed by atoms with Crippen molar-refractivity contribution in [3.8, 4) is 0 Å². The van der Waals surface area contributed by atoms with Crippen molar-refractivity contribution in [3.63, 3.8) is 0 Å². The molecule has 0 atom stereocenters. The van der Waals surface area contributed by atoms with Crippen molar-refractivity contribution < 1.29 is 4.79 Å². The Morgan fingerprint density at radius 1 is 1.19 bits per heavy atom. The fourth-order valence-corrected chi connectivity index (χ4v) is 2.80. The predicted octanol–water partition coefficient (Wildman–Crippen LogP) is 3.08. The molecule has 2 aliphatic carbocycles. The molecule has 0 saturated heterocycles. The summed E-state index contributed by atoms with van der Waals surface area (Å²) < 4.78 is 2.14. The van der Waals surface area contributed by atoms with Crippen LogP contribution in [0.1, 0.15) is 73.1 Å². The molecular weight excluding hydrogens is 200 g/mol. The van der Waals surface area contributed by atoms with Gasteiger partial charge in [0.25, 0.3) is 0 Å². The van der Waals surface area contributed by atoms with E-state index in [1.54, 1.807) is 0 Å². The molecule has 0 radical (unpaired) electrons. The average Bonchev–Trinajstić information content (AvgIpc) is 3.10. The standard InChI is InChI=1S/C13H18N2O/c16-9-11-8-13(10-4-2-1-3-5-10)15(14-11)12-6-7-12/h8-10,12H,1-7H2. The van der Waals surface area contributed by atoms with Crippen molar-refractivity contribution in [1.82, 2.24) is 9.78 Å². The lowest BCUT2D eigenvalue weighted by Gasteiger charge is -2.22. The fraction of sp³-hybridized carbons (Fsp3) is 0.692. The molecule has 2 fully saturated rings. The third-order valence-corrected chi connectivity index (χ3v) is 3.82. The Labute approximate surface area is 95.8 Å². The van der Waals surface area contributed by atoms with Crippen molar-refractivity contribution in [3.05, 3.63) is 17.5 Å². The summed E-state index contributed by atoms with van der Waals surface area (Å²) in [4.78, 5) is 10.8. The quantitative estimate of drug-likeness (QED) is 0.731. The summed E-state index contributed by atoms with van der Waals surface area (Å²) in [6.07, 6.45) is 9.93. The van der Waals surface area contributed by atoms with E-state index in [0.29, 0.717) is 17.7 Å². The first-order valence-electron chi connectivity index (χ1n) is 6.43. The first-order chi connectivity index (χ1) is 7.88. The molecule has 16 heavy (non-hydrogen) atoms. The highest BCUT2D eigenvalue weighted by atomic mass is 16.1. The molecule has 3 rings (SSSR count). The average molecular weight is 218 g/mol. The zero-order valence-corrected chi connectivity index (χ0v) is 9.56. The smallest absolute Gasteiger partial charge is 0.170 e. The van der Waals surface area contributed by atoms with Crippen molar-refractivity contribution in [2.45, 2.75) is 56.9 Å². The highest BCUT2D eigenvalue weighted by Crippen LogP contribution is 2.40. The van der Waals surface area contributed by atoms with Crippen LogP contribution >= 0.6 is 0 Å². The number of nitrogens with zero attached hydrogens (tertiary/aromatic N) is 2. The van der Waals surface area contributed by atoms with Crippen LogP contribution in [-0.4, -0.2) is 16.1 Å². The van der Waals surface area contributed by atoms with Gasteiger partial charge in [0.05, 0.1) is 6.04 Å². The molecule has 3 nitrogen and oxygen atoms in total. The Morgan fingerprint density at radius 2 is 1.94 bits per heavy atom. The number of aromatic nitrogens is 2. The van der Waals surface area contributed by atoms with Crippen LogP contribution in [0.2, 0.25) is 0 Å². The summed E-state index contributed by atoms with van der Waals surface area (Å²) in [5.74, 6) is 0.649. The van der Waals surface area contributed by atoms with Crippen LogP contribution in [0, 0.1) is 0 Å². The van der Waals surface area contributed by atoms with E-state index in [0.717, 1.165) is 6.29 Å². The maximum atomic E-state index is 10.8. The highest BCUT2D eigenvalue weighted by Gasteiger charge is 2.30. The lowest BCUT2D eigenvalue weighted by molar-refractivity contribution is 0.111. The van der Waals surface area contributed by atoms with E-state index < -0.39 is 0 Å². The van der Waals surface area contributed by atoms with Crippen molar-refractivity contribution >= 4 is 6.29 Å². The Balaban J connectivity index is 1.90. The van der Waals surface area contributed by atoms with Gasteiger partial charge in [-0.05, 0) is 31.7 Å². The molecule has 3 heteroatoms. The normalized spacial score (nSPS) is 22.2. The topological polar surface area (TPSA) is 34.9 Å². The van der Waals surface area contributed by atoms with E-state index in [1.165, 1.54) is 50.6 Å². The first kappa shape index (κ1) is 10.1. The summed E-state index contributed by atoms with van der Waals surface area (Å²) in [5.41, 5.74) is 1.94. The van der Waals surface area contributed by atoms with E-state index in [4.69, 9.17) is 0 Å². The molecule has 2 aliphatic rings. The van der Waals surface area contributed by atoms with Crippen molar-refractivity contribution in [2.75, 3.05) is 0 Å². The molecular formula is C13H18N2O. The van der Waals surface area contributed by atoms with E-state index in [-0.39, 0.29) is 0 Å². The molecule has 1 heterocycles. The van der Waals surface area contributed by atoms with Crippen LogP contribution in [0.4, 0.5) is 0 Å². The van der Waals surface area contributed by atoms with Gasteiger partial charge < -0.3 is 0 Å². The van der Waals surface area contributed by atoms with Crippen LogP contribution < -0.4 is 0 Å². The van der Waals surface area contributed by atoms with Crippen LogP contribution in [-0.2, 0) is 0 Å². The minimum Gasteiger partial charge on any atom is -0.296 e. The van der Waals surface area contributed by atoms with Gasteiger partial charge in [0.2, 0.25) is 0 Å². The monoisotopic (exact) mass is 218 g/mol. The van der Waals surface area contributed by atoms with Gasteiger partial charge in [0, 0.05) is 11.6 Å². The van der Waals surface area contributed by atoms with E-state index >= 15 is 0 Å². The third kappa shape index (κ3) is 1.79. The molecule has 0 amide bonds. The Kier molecular flexibility index (Phi) is 2.54. The number of carbonyl (C=O) groups excluding carboxylic acids is 1. The van der Waals surface area contributed by atoms with Gasteiger partial charge in [0.1, 0.15) is 5.69 Å². The van der Waals surface area contributed by atoms with E-state index in [9.17, 15) is 4.79 Å². The maximum absolute atomic E-state index is 10.8. The number of hydrogen-bond donors (Lipinski definition) is 0. The SMILES string of the molecule is O=Cc1cc(C2CCCCC2)n(C2CC2)n1. The molecule has 2 saturated carbocycles. The molecule has 1 aromatic rings. The van der Waals surface area contributed by atoms with Crippen LogP contribution in [0.3, 0.4) is 0 Å². The highest BCUT2D eigenvalue weighted by molar-refractivity contribution is 5.71. The predicted molar refractivity (Wildman–Crippen MR) is 61.7 cm³/mol. The molecule has 0 N–H and O–H groups in total. The number of aldehydes is 1. The Bertz CT molecular complexity index is 387. The van der Waals surface area contributed by atoms with Gasteiger partial charge in [-0.3, -0.25) is 9.48 Å². The fourth-order valence-electron chi connectivity index (χ4n) is 2.80. The summed E-state index contributed by atoms with van der Waals surface area (Å²) >= 11 is 0. The van der Waals surface area contributed by atoms with Gasteiger partial charge in [-0.25, -0.2) is 0 Å². The minimum atomic E-state index is 0.589. The second kappa shape index (κ2) is 4.04. The third-order valence-electron chi connectivity index (χ3n) is 3.82. The largest absolute Gasteiger partial charge is 0.296 e. The van der Waals surface area contributed by atoms with Gasteiger partial charge in [-0.1, -0.05) is 19.3 Å². The number of hydrogen-bond acceptors (Lipinski definition) is 2. The lowest BCUT2D eigenvalue weighted by Crippen LogP contribution is -2.11. The molecule has 0 unspecified atom stereocenters. The Hall–Kier alpha value is -1.12. The van der Waals surface area contributed by atoms with Crippen LogP contribution in [0.5, 0.6) is 0 Å². The molecule has 0 bridgehead atoms. The molecule has 0 aromatic carbocycles. The Morgan fingerprint density at radius 3 is 2.56 bits per heavy atom. The number of rotatable bonds is 3. The van der Waals surface area contributed by atoms with Gasteiger partial charge in [0.15, 0.2) is 6.29 Å². The molecule has 0 spiro atoms. The summed E-state index contributed by atoms with van der Waals surface area (Å²) in [5, 5.41) is 4.41. The van der Waals surface area contributed by atoms with E-state index in [1.807, 2.05) is 6.07 Å². The van der Waals surface area contributed by atoms with Gasteiger partial charge >= 0.3 is 0 Å². The second-order valence-corrected chi connectivity index (χ2v) is 5.12. The summed E-state index contributed by atoms with van der Waals surface area (Å²) in [6, 6.07) is 2.60. The van der Waals surface area contributed by atoms with Gasteiger partial charge in [-0.15, -0.1) is 0 Å². The second-order valence-electron chi connectivity index (χ2n) is 5.12. The molecule has 1 aromatic heterocycles. The lowest BCUT2D eigenvalue weighted by atomic mass is 9.87. The zero-order valence-electron chi connectivity index (χ0n) is 9.56. The minimum absolute atomic E-state index is 0.589. The van der Waals surface area contributed by atoms with Gasteiger partial charge in [-0.2, -0.15) is 5.10 Å². The van der Waals surface area contributed by atoms with Crippen LogP contribution in [0.15, 0.2) is 6.07 Å². The van der Waals surface area contributed by atoms with Crippen molar-refractivity contribution in [2.24, 2.45) is 0 Å². The zero-order chi connectivity index (χ0) is 11.0. The first-order valence-corrected chi connectivity index (χ1v) is 6.43. The molecule has 86 valence electrons. The maximum Gasteiger partial charge on any atom is 0.170 e. The van der Waals surface area contributed by atoms with Crippen molar-refractivity contribution in [1.29, 1.82) is 0 Å². The van der Waals surface area contributed by atoms with Crippen LogP contribution in [0.25, 0.3) is 0 Å². The molecule has 0 aliphatic heterocycles.